The molecule has 0 saturated carbocycles. The minimum atomic E-state index is 0.0220. The summed E-state index contributed by atoms with van der Waals surface area (Å²) in [5, 5.41) is 18.7. The number of aliphatic hydroxyl groups is 2. The minimum Gasteiger partial charge on any atom is -0.396 e. The molecule has 0 heterocycles. The highest BCUT2D eigenvalue weighted by molar-refractivity contribution is 5.77. The first-order chi connectivity index (χ1) is 14.1. The normalized spacial score (nSPS) is 20.3. The van der Waals surface area contributed by atoms with Gasteiger partial charge in [0.2, 0.25) is 0 Å². The first kappa shape index (κ1) is 20.1. The average Bonchev–Trinajstić information content (AvgIpc) is 3.30. The summed E-state index contributed by atoms with van der Waals surface area (Å²) >= 11 is 0. The predicted molar refractivity (Wildman–Crippen MR) is 121 cm³/mol. The standard InChI is InChI=1S/C27H32O2/c1-27(2,25-17-19(9-7-15-28)21-11-3-5-13-23(21)25)26-18-20(10-8-16-29)22-12-4-6-14-24(22)26/h3-6,11-14,17-18,25-26,28-29H,7-10,15-16H2,1-2H3. The zero-order valence-electron chi connectivity index (χ0n) is 17.6. The molecule has 2 N–H and O–H groups in total. The Morgan fingerprint density at radius 1 is 0.690 bits per heavy atom. The monoisotopic (exact) mass is 388 g/mol. The minimum absolute atomic E-state index is 0.0220. The first-order valence-electron chi connectivity index (χ1n) is 10.9. The summed E-state index contributed by atoms with van der Waals surface area (Å²) in [6.45, 7) is 5.26. The number of allylic oxidation sites excluding steroid dienone is 4. The molecule has 2 heteroatoms. The number of hydrogen-bond donors (Lipinski definition) is 2. The second-order valence-corrected chi connectivity index (χ2v) is 8.99. The molecule has 2 aromatic carbocycles. The number of rotatable bonds is 8. The van der Waals surface area contributed by atoms with Crippen molar-refractivity contribution < 1.29 is 10.2 Å². The molecule has 0 bridgehead atoms. The smallest absolute Gasteiger partial charge is 0.0434 e. The molecule has 2 aromatic rings. The van der Waals surface area contributed by atoms with Gasteiger partial charge in [-0.1, -0.05) is 74.5 Å². The van der Waals surface area contributed by atoms with Crippen molar-refractivity contribution in [2.75, 3.05) is 13.2 Å². The van der Waals surface area contributed by atoms with Crippen molar-refractivity contribution in [3.8, 4) is 0 Å². The van der Waals surface area contributed by atoms with Crippen LogP contribution in [0.25, 0.3) is 11.1 Å². The molecule has 2 aliphatic carbocycles. The van der Waals surface area contributed by atoms with E-state index in [4.69, 9.17) is 0 Å². The molecule has 4 rings (SSSR count). The summed E-state index contributed by atoms with van der Waals surface area (Å²) in [6, 6.07) is 17.6. The van der Waals surface area contributed by atoms with Gasteiger partial charge < -0.3 is 10.2 Å². The van der Waals surface area contributed by atoms with Gasteiger partial charge in [0.05, 0.1) is 0 Å². The third-order valence-corrected chi connectivity index (χ3v) is 6.83. The van der Waals surface area contributed by atoms with E-state index < -0.39 is 0 Å². The Bertz CT molecular complexity index is 860. The van der Waals surface area contributed by atoms with Gasteiger partial charge in [-0.15, -0.1) is 0 Å². The van der Waals surface area contributed by atoms with E-state index in [2.05, 4.69) is 74.5 Å². The molecule has 2 nitrogen and oxygen atoms in total. The van der Waals surface area contributed by atoms with Crippen LogP contribution in [-0.4, -0.2) is 23.4 Å². The number of benzene rings is 2. The van der Waals surface area contributed by atoms with Gasteiger partial charge in [-0.2, -0.15) is 0 Å². The molecule has 0 radical (unpaired) electrons. The van der Waals surface area contributed by atoms with E-state index in [1.54, 1.807) is 0 Å². The van der Waals surface area contributed by atoms with E-state index in [0.717, 1.165) is 25.7 Å². The summed E-state index contributed by atoms with van der Waals surface area (Å²) in [5.74, 6) is 0.692. The van der Waals surface area contributed by atoms with Gasteiger partial charge in [-0.05, 0) is 64.5 Å². The summed E-state index contributed by atoms with van der Waals surface area (Å²) in [7, 11) is 0. The van der Waals surface area contributed by atoms with Crippen LogP contribution in [0.5, 0.6) is 0 Å². The molecule has 0 aromatic heterocycles. The number of hydrogen-bond acceptors (Lipinski definition) is 2. The van der Waals surface area contributed by atoms with Gasteiger partial charge in [-0.25, -0.2) is 0 Å². The van der Waals surface area contributed by atoms with Crippen molar-refractivity contribution in [2.24, 2.45) is 5.41 Å². The third-order valence-electron chi connectivity index (χ3n) is 6.83. The van der Waals surface area contributed by atoms with Gasteiger partial charge in [0.15, 0.2) is 0 Å². The van der Waals surface area contributed by atoms with Crippen LogP contribution in [-0.2, 0) is 0 Å². The number of fused-ring (bicyclic) bond motifs is 2. The zero-order chi connectivity index (χ0) is 20.4. The Hall–Kier alpha value is -2.16. The largest absolute Gasteiger partial charge is 0.396 e. The van der Waals surface area contributed by atoms with Crippen molar-refractivity contribution in [3.63, 3.8) is 0 Å². The Kier molecular flexibility index (Phi) is 5.76. The third kappa shape index (κ3) is 3.60. The zero-order valence-corrected chi connectivity index (χ0v) is 17.6. The van der Waals surface area contributed by atoms with E-state index >= 15 is 0 Å². The lowest BCUT2D eigenvalue weighted by Crippen LogP contribution is -2.26. The fourth-order valence-corrected chi connectivity index (χ4v) is 5.28. The maximum absolute atomic E-state index is 9.33. The quantitative estimate of drug-likeness (QED) is 0.589. The topological polar surface area (TPSA) is 40.5 Å². The van der Waals surface area contributed by atoms with Crippen LogP contribution in [0.4, 0.5) is 0 Å². The highest BCUT2D eigenvalue weighted by Crippen LogP contribution is 2.56. The number of aliphatic hydroxyl groups excluding tert-OH is 2. The summed E-state index contributed by atoms with van der Waals surface area (Å²) in [6.07, 6.45) is 8.40. The molecule has 2 unspecified atom stereocenters. The molecule has 0 spiro atoms. The Labute approximate surface area is 174 Å². The van der Waals surface area contributed by atoms with E-state index in [1.165, 1.54) is 33.4 Å². The van der Waals surface area contributed by atoms with Gasteiger partial charge in [0.25, 0.3) is 0 Å². The molecule has 0 fully saturated rings. The molecular weight excluding hydrogens is 356 g/mol. The summed E-state index contributed by atoms with van der Waals surface area (Å²) in [4.78, 5) is 0. The van der Waals surface area contributed by atoms with E-state index in [-0.39, 0.29) is 18.6 Å². The molecule has 152 valence electrons. The van der Waals surface area contributed by atoms with Gasteiger partial charge in [0.1, 0.15) is 0 Å². The van der Waals surface area contributed by atoms with Gasteiger partial charge in [0, 0.05) is 25.0 Å². The van der Waals surface area contributed by atoms with E-state index in [9.17, 15) is 10.2 Å². The van der Waals surface area contributed by atoms with Crippen LogP contribution >= 0.6 is 0 Å². The van der Waals surface area contributed by atoms with Crippen LogP contribution in [0.3, 0.4) is 0 Å². The molecule has 2 atom stereocenters. The Morgan fingerprint density at radius 3 is 1.52 bits per heavy atom. The Morgan fingerprint density at radius 2 is 1.10 bits per heavy atom. The molecule has 2 aliphatic rings. The second-order valence-electron chi connectivity index (χ2n) is 8.99. The molecule has 0 saturated heterocycles. The lowest BCUT2D eigenvalue weighted by molar-refractivity contribution is 0.289. The fraction of sp³-hybridized carbons (Fsp3) is 0.407. The van der Waals surface area contributed by atoms with Crippen molar-refractivity contribution in [1.82, 2.24) is 0 Å². The van der Waals surface area contributed by atoms with Crippen LogP contribution in [0, 0.1) is 5.41 Å². The van der Waals surface area contributed by atoms with Gasteiger partial charge in [-0.3, -0.25) is 0 Å². The lowest BCUT2D eigenvalue weighted by Gasteiger charge is -2.37. The highest BCUT2D eigenvalue weighted by Gasteiger charge is 2.43. The first-order valence-corrected chi connectivity index (χ1v) is 10.9. The fourth-order valence-electron chi connectivity index (χ4n) is 5.28. The average molecular weight is 389 g/mol. The summed E-state index contributed by atoms with van der Waals surface area (Å²) in [5.41, 5.74) is 8.32. The predicted octanol–water partition coefficient (Wildman–Crippen LogP) is 5.92. The SMILES string of the molecule is CC(C)(C1C=C(CCCO)c2ccccc21)C1C=C(CCCO)c2ccccc21. The van der Waals surface area contributed by atoms with Crippen LogP contribution in [0.15, 0.2) is 60.7 Å². The van der Waals surface area contributed by atoms with Crippen molar-refractivity contribution in [1.29, 1.82) is 0 Å². The van der Waals surface area contributed by atoms with Crippen molar-refractivity contribution in [2.45, 2.75) is 51.4 Å². The Balaban J connectivity index is 1.73. The van der Waals surface area contributed by atoms with Crippen molar-refractivity contribution in [3.05, 3.63) is 82.9 Å². The molecule has 0 amide bonds. The van der Waals surface area contributed by atoms with E-state index in [0.29, 0.717) is 11.8 Å². The maximum Gasteiger partial charge on any atom is 0.0434 e. The summed E-state index contributed by atoms with van der Waals surface area (Å²) < 4.78 is 0. The maximum atomic E-state index is 9.33. The molecule has 0 aliphatic heterocycles. The van der Waals surface area contributed by atoms with E-state index in [1.807, 2.05) is 0 Å². The van der Waals surface area contributed by atoms with Crippen LogP contribution < -0.4 is 0 Å². The highest BCUT2D eigenvalue weighted by atomic mass is 16.3. The lowest BCUT2D eigenvalue weighted by atomic mass is 9.66. The van der Waals surface area contributed by atoms with Crippen molar-refractivity contribution >= 4 is 11.1 Å². The van der Waals surface area contributed by atoms with Crippen LogP contribution in [0.2, 0.25) is 0 Å². The second kappa shape index (κ2) is 8.30. The molecular formula is C27H32O2. The van der Waals surface area contributed by atoms with Gasteiger partial charge >= 0.3 is 0 Å². The van der Waals surface area contributed by atoms with Crippen LogP contribution in [0.1, 0.15) is 73.6 Å². The molecule has 29 heavy (non-hydrogen) atoms.